The zero-order valence-electron chi connectivity index (χ0n) is 9.08. The minimum absolute atomic E-state index is 0.201. The van der Waals surface area contributed by atoms with Gasteiger partial charge in [0, 0.05) is 17.6 Å². The predicted molar refractivity (Wildman–Crippen MR) is 64.1 cm³/mol. The van der Waals surface area contributed by atoms with E-state index in [1.807, 2.05) is 6.92 Å². The number of halogens is 2. The Morgan fingerprint density at radius 3 is 2.88 bits per heavy atom. The van der Waals surface area contributed by atoms with Crippen LogP contribution < -0.4 is 10.5 Å². The molecule has 1 aromatic carbocycles. The molecule has 1 aromatic rings. The molecule has 90 valence electrons. The van der Waals surface area contributed by atoms with Gasteiger partial charge in [-0.25, -0.2) is 4.39 Å². The molecule has 0 saturated carbocycles. The summed E-state index contributed by atoms with van der Waals surface area (Å²) in [6.45, 7) is 3.04. The van der Waals surface area contributed by atoms with Crippen LogP contribution in [0.3, 0.4) is 0 Å². The highest BCUT2D eigenvalue weighted by atomic mass is 79.9. The monoisotopic (exact) mass is 291 g/mol. The van der Waals surface area contributed by atoms with Gasteiger partial charge in [-0.15, -0.1) is 0 Å². The Morgan fingerprint density at radius 1 is 1.50 bits per heavy atom. The topological polar surface area (TPSA) is 44.5 Å². The van der Waals surface area contributed by atoms with Crippen LogP contribution in [-0.4, -0.2) is 25.9 Å². The van der Waals surface area contributed by atoms with E-state index >= 15 is 0 Å². The average molecular weight is 292 g/mol. The second kappa shape index (κ2) is 6.83. The molecule has 3 nitrogen and oxygen atoms in total. The van der Waals surface area contributed by atoms with Crippen LogP contribution >= 0.6 is 15.9 Å². The number of hydrogen-bond acceptors (Lipinski definition) is 3. The van der Waals surface area contributed by atoms with Crippen LogP contribution in [0.2, 0.25) is 0 Å². The molecule has 2 N–H and O–H groups in total. The smallest absolute Gasteiger partial charge is 0.165 e. The molecule has 1 unspecified atom stereocenters. The first-order chi connectivity index (χ1) is 7.67. The first-order valence-corrected chi connectivity index (χ1v) is 5.86. The van der Waals surface area contributed by atoms with Gasteiger partial charge in [-0.05, 0) is 25.1 Å². The number of benzene rings is 1. The van der Waals surface area contributed by atoms with Gasteiger partial charge in [0.1, 0.15) is 12.7 Å². The summed E-state index contributed by atoms with van der Waals surface area (Å²) in [5.41, 5.74) is 5.48. The van der Waals surface area contributed by atoms with Gasteiger partial charge in [0.2, 0.25) is 0 Å². The molecule has 0 spiro atoms. The van der Waals surface area contributed by atoms with Crippen molar-refractivity contribution >= 4 is 15.9 Å². The number of ether oxygens (including phenoxy) is 2. The maximum absolute atomic E-state index is 13.3. The lowest BCUT2D eigenvalue weighted by molar-refractivity contribution is 0.0327. The summed E-state index contributed by atoms with van der Waals surface area (Å²) in [5.74, 6) is -0.192. The average Bonchev–Trinajstić information content (AvgIpc) is 2.28. The molecule has 0 saturated heterocycles. The molecular weight excluding hydrogens is 277 g/mol. The van der Waals surface area contributed by atoms with E-state index in [0.29, 0.717) is 13.2 Å². The summed E-state index contributed by atoms with van der Waals surface area (Å²) in [5, 5.41) is 0. The third kappa shape index (κ3) is 4.08. The van der Waals surface area contributed by atoms with Gasteiger partial charge in [-0.2, -0.15) is 0 Å². The minimum atomic E-state index is -0.393. The Kier molecular flexibility index (Phi) is 5.73. The lowest BCUT2D eigenvalue weighted by Crippen LogP contribution is -2.30. The van der Waals surface area contributed by atoms with Crippen molar-refractivity contribution in [3.8, 4) is 5.75 Å². The zero-order valence-corrected chi connectivity index (χ0v) is 10.7. The van der Waals surface area contributed by atoms with Gasteiger partial charge >= 0.3 is 0 Å². The van der Waals surface area contributed by atoms with Gasteiger partial charge in [-0.3, -0.25) is 0 Å². The van der Waals surface area contributed by atoms with E-state index in [1.54, 1.807) is 12.1 Å². The first kappa shape index (κ1) is 13.4. The maximum Gasteiger partial charge on any atom is 0.165 e. The third-order valence-corrected chi connectivity index (χ3v) is 2.48. The zero-order chi connectivity index (χ0) is 12.0. The van der Waals surface area contributed by atoms with Crippen LogP contribution in [-0.2, 0) is 4.74 Å². The van der Waals surface area contributed by atoms with Crippen molar-refractivity contribution in [2.45, 2.75) is 13.0 Å². The van der Waals surface area contributed by atoms with E-state index in [-0.39, 0.29) is 18.5 Å². The highest BCUT2D eigenvalue weighted by molar-refractivity contribution is 9.10. The van der Waals surface area contributed by atoms with E-state index in [1.165, 1.54) is 6.07 Å². The van der Waals surface area contributed by atoms with Crippen LogP contribution in [0, 0.1) is 5.82 Å². The highest BCUT2D eigenvalue weighted by Gasteiger charge is 2.09. The molecule has 0 aliphatic carbocycles. The molecule has 0 aliphatic rings. The predicted octanol–water partition coefficient (Wildman–Crippen LogP) is 2.33. The number of rotatable bonds is 6. The van der Waals surface area contributed by atoms with Crippen molar-refractivity contribution in [1.29, 1.82) is 0 Å². The van der Waals surface area contributed by atoms with Gasteiger partial charge in [0.15, 0.2) is 11.6 Å². The molecule has 0 heterocycles. The van der Waals surface area contributed by atoms with E-state index in [9.17, 15) is 4.39 Å². The Balaban J connectivity index is 2.55. The minimum Gasteiger partial charge on any atom is -0.488 e. The fraction of sp³-hybridized carbons (Fsp3) is 0.455. The van der Waals surface area contributed by atoms with Gasteiger partial charge in [0.25, 0.3) is 0 Å². The van der Waals surface area contributed by atoms with Crippen molar-refractivity contribution < 1.29 is 13.9 Å². The normalized spacial score (nSPS) is 12.5. The van der Waals surface area contributed by atoms with Crippen LogP contribution in [0.15, 0.2) is 22.7 Å². The molecule has 0 radical (unpaired) electrons. The molecule has 1 rings (SSSR count). The quantitative estimate of drug-likeness (QED) is 0.875. The lowest BCUT2D eigenvalue weighted by Gasteiger charge is -2.16. The van der Waals surface area contributed by atoms with Crippen LogP contribution in [0.4, 0.5) is 4.39 Å². The van der Waals surface area contributed by atoms with Crippen molar-refractivity contribution in [3.05, 3.63) is 28.5 Å². The van der Waals surface area contributed by atoms with Gasteiger partial charge < -0.3 is 15.2 Å². The SMILES string of the molecule is CCOC(CN)COc1cc(Br)ccc1F. The fourth-order valence-corrected chi connectivity index (χ4v) is 1.53. The molecule has 0 bridgehead atoms. The molecule has 0 aliphatic heterocycles. The number of hydrogen-bond donors (Lipinski definition) is 1. The van der Waals surface area contributed by atoms with Crippen molar-refractivity contribution in [3.63, 3.8) is 0 Å². The summed E-state index contributed by atoms with van der Waals surface area (Å²) in [6, 6.07) is 4.54. The van der Waals surface area contributed by atoms with Crippen molar-refractivity contribution in [2.75, 3.05) is 19.8 Å². The van der Waals surface area contributed by atoms with Crippen LogP contribution in [0.5, 0.6) is 5.75 Å². The summed E-state index contributed by atoms with van der Waals surface area (Å²) in [7, 11) is 0. The van der Waals surface area contributed by atoms with Crippen LogP contribution in [0.25, 0.3) is 0 Å². The van der Waals surface area contributed by atoms with E-state index in [2.05, 4.69) is 15.9 Å². The molecule has 16 heavy (non-hydrogen) atoms. The highest BCUT2D eigenvalue weighted by Crippen LogP contribution is 2.22. The molecule has 0 amide bonds. The summed E-state index contributed by atoms with van der Waals surface area (Å²) >= 11 is 3.25. The van der Waals surface area contributed by atoms with Crippen molar-refractivity contribution in [2.24, 2.45) is 5.73 Å². The third-order valence-electron chi connectivity index (χ3n) is 1.98. The Hall–Kier alpha value is -0.650. The van der Waals surface area contributed by atoms with Gasteiger partial charge in [-0.1, -0.05) is 15.9 Å². The molecule has 5 heteroatoms. The Morgan fingerprint density at radius 2 is 2.25 bits per heavy atom. The largest absolute Gasteiger partial charge is 0.488 e. The Labute approximate surface area is 103 Å². The van der Waals surface area contributed by atoms with Crippen molar-refractivity contribution in [1.82, 2.24) is 0 Å². The summed E-state index contributed by atoms with van der Waals surface area (Å²) < 4.78 is 24.7. The Bertz CT molecular complexity index is 336. The second-order valence-electron chi connectivity index (χ2n) is 3.20. The molecular formula is C11H15BrFNO2. The van der Waals surface area contributed by atoms with E-state index < -0.39 is 5.82 Å². The fourth-order valence-electron chi connectivity index (χ4n) is 1.19. The standard InChI is InChI=1S/C11H15BrFNO2/c1-2-15-9(6-14)7-16-11-5-8(12)3-4-10(11)13/h3-5,9H,2,6-7,14H2,1H3. The van der Waals surface area contributed by atoms with E-state index in [0.717, 1.165) is 4.47 Å². The number of nitrogens with two attached hydrogens (primary N) is 1. The lowest BCUT2D eigenvalue weighted by atomic mass is 10.3. The molecule has 0 aromatic heterocycles. The van der Waals surface area contributed by atoms with E-state index in [4.69, 9.17) is 15.2 Å². The van der Waals surface area contributed by atoms with Gasteiger partial charge in [0.05, 0.1) is 0 Å². The van der Waals surface area contributed by atoms with Crippen LogP contribution in [0.1, 0.15) is 6.92 Å². The maximum atomic E-state index is 13.3. The summed E-state index contributed by atoms with van der Waals surface area (Å²) in [6.07, 6.45) is -0.205. The second-order valence-corrected chi connectivity index (χ2v) is 4.11. The first-order valence-electron chi connectivity index (χ1n) is 5.07. The summed E-state index contributed by atoms with van der Waals surface area (Å²) in [4.78, 5) is 0. The molecule has 1 atom stereocenters. The molecule has 0 fully saturated rings.